The van der Waals surface area contributed by atoms with Crippen molar-refractivity contribution in [2.45, 2.75) is 66.0 Å². The highest BCUT2D eigenvalue weighted by molar-refractivity contribution is 5.92. The Morgan fingerprint density at radius 2 is 1.94 bits per heavy atom. The van der Waals surface area contributed by atoms with Crippen LogP contribution in [0.15, 0.2) is 33.9 Å². The maximum Gasteiger partial charge on any atom is 0.330 e. The van der Waals surface area contributed by atoms with Crippen LogP contribution in [0.5, 0.6) is 0 Å². The van der Waals surface area contributed by atoms with Gasteiger partial charge in [-0.3, -0.25) is 23.9 Å². The monoisotopic (exact) mass is 482 g/mol. The van der Waals surface area contributed by atoms with Crippen molar-refractivity contribution in [3.05, 3.63) is 62.1 Å². The minimum Gasteiger partial charge on any atom is -0.366 e. The van der Waals surface area contributed by atoms with Crippen molar-refractivity contribution in [1.29, 1.82) is 0 Å². The van der Waals surface area contributed by atoms with Crippen molar-refractivity contribution in [1.82, 2.24) is 24.4 Å². The molecule has 0 spiro atoms. The molecule has 10 nitrogen and oxygen atoms in total. The third kappa shape index (κ3) is 6.46. The molecule has 0 saturated carbocycles. The van der Waals surface area contributed by atoms with Gasteiger partial charge in [0.15, 0.2) is 11.2 Å². The summed E-state index contributed by atoms with van der Waals surface area (Å²) in [5.41, 5.74) is 6.49. The van der Waals surface area contributed by atoms with Crippen molar-refractivity contribution in [3.8, 4) is 0 Å². The zero-order valence-corrected chi connectivity index (χ0v) is 20.6. The number of rotatable bonds is 12. The van der Waals surface area contributed by atoms with Crippen LogP contribution in [0, 0.1) is 5.92 Å². The van der Waals surface area contributed by atoms with Crippen LogP contribution in [-0.2, 0) is 30.7 Å². The number of hydrogen-bond acceptors (Lipinski definition) is 5. The van der Waals surface area contributed by atoms with Gasteiger partial charge in [0, 0.05) is 38.0 Å². The lowest BCUT2D eigenvalue weighted by Crippen LogP contribution is -2.31. The van der Waals surface area contributed by atoms with Crippen molar-refractivity contribution < 1.29 is 9.59 Å². The first-order chi connectivity index (χ1) is 16.7. The van der Waals surface area contributed by atoms with E-state index in [1.54, 1.807) is 18.2 Å². The Balaban J connectivity index is 1.74. The number of hydrogen-bond donors (Lipinski definition) is 3. The van der Waals surface area contributed by atoms with Gasteiger partial charge in [-0.15, -0.1) is 0 Å². The SMILES string of the molecule is CCCCn1c(=O)[nH]c(=O)c2c1nc(CCC(=O)NCCc1cccc(C(N)=O)c1)n2CC(C)C. The number of nitrogens with two attached hydrogens (primary N) is 1. The molecule has 1 aromatic carbocycles. The molecule has 0 bridgehead atoms. The average molecular weight is 483 g/mol. The minimum atomic E-state index is -0.487. The first kappa shape index (κ1) is 25.9. The van der Waals surface area contributed by atoms with Crippen LogP contribution in [0.1, 0.15) is 61.8 Å². The summed E-state index contributed by atoms with van der Waals surface area (Å²) in [5, 5.41) is 2.89. The molecule has 2 aromatic heterocycles. The molecule has 0 unspecified atom stereocenters. The lowest BCUT2D eigenvalue weighted by molar-refractivity contribution is -0.121. The number of amides is 2. The van der Waals surface area contributed by atoms with Crippen molar-refractivity contribution in [2.75, 3.05) is 6.54 Å². The number of unbranched alkanes of at least 4 members (excludes halogenated alkanes) is 1. The average Bonchev–Trinajstić information content (AvgIpc) is 3.15. The third-order valence-electron chi connectivity index (χ3n) is 5.77. The van der Waals surface area contributed by atoms with E-state index in [-0.39, 0.29) is 18.2 Å². The first-order valence-electron chi connectivity index (χ1n) is 12.1. The van der Waals surface area contributed by atoms with E-state index >= 15 is 0 Å². The molecule has 2 heterocycles. The van der Waals surface area contributed by atoms with Crippen LogP contribution in [-0.4, -0.2) is 37.5 Å². The molecule has 10 heteroatoms. The van der Waals surface area contributed by atoms with Gasteiger partial charge in [0.25, 0.3) is 5.56 Å². The van der Waals surface area contributed by atoms with Gasteiger partial charge in [-0.2, -0.15) is 0 Å². The summed E-state index contributed by atoms with van der Waals surface area (Å²) in [7, 11) is 0. The first-order valence-corrected chi connectivity index (χ1v) is 12.1. The van der Waals surface area contributed by atoms with Gasteiger partial charge in [-0.05, 0) is 36.5 Å². The van der Waals surface area contributed by atoms with Gasteiger partial charge in [0.05, 0.1) is 0 Å². The number of imidazole rings is 1. The number of benzene rings is 1. The van der Waals surface area contributed by atoms with Crippen LogP contribution in [0.2, 0.25) is 0 Å². The number of H-pyrrole nitrogens is 1. The molecule has 0 fully saturated rings. The van der Waals surface area contributed by atoms with Crippen LogP contribution in [0.4, 0.5) is 0 Å². The maximum atomic E-state index is 12.7. The molecule has 35 heavy (non-hydrogen) atoms. The van der Waals surface area contributed by atoms with E-state index in [1.165, 1.54) is 4.57 Å². The molecule has 3 rings (SSSR count). The molecular weight excluding hydrogens is 448 g/mol. The van der Waals surface area contributed by atoms with Crippen molar-refractivity contribution in [2.24, 2.45) is 11.7 Å². The van der Waals surface area contributed by atoms with E-state index in [1.807, 2.05) is 31.4 Å². The van der Waals surface area contributed by atoms with E-state index in [2.05, 4.69) is 15.3 Å². The highest BCUT2D eigenvalue weighted by Crippen LogP contribution is 2.16. The molecule has 2 amide bonds. The maximum absolute atomic E-state index is 12.7. The predicted octanol–water partition coefficient (Wildman–Crippen LogP) is 1.73. The molecule has 0 aliphatic carbocycles. The molecule has 0 aliphatic heterocycles. The Bertz CT molecular complexity index is 1320. The number of carbonyl (C=O) groups excluding carboxylic acids is 2. The predicted molar refractivity (Wildman–Crippen MR) is 134 cm³/mol. The van der Waals surface area contributed by atoms with Crippen LogP contribution >= 0.6 is 0 Å². The Kier molecular flexibility index (Phi) is 8.62. The number of fused-ring (bicyclic) bond motifs is 1. The minimum absolute atomic E-state index is 0.142. The second-order valence-electron chi connectivity index (χ2n) is 9.13. The summed E-state index contributed by atoms with van der Waals surface area (Å²) >= 11 is 0. The fraction of sp³-hybridized carbons (Fsp3) is 0.480. The van der Waals surface area contributed by atoms with E-state index in [4.69, 9.17) is 5.73 Å². The normalized spacial score (nSPS) is 11.3. The molecular formula is C25H34N6O4. The molecule has 3 aromatic rings. The van der Waals surface area contributed by atoms with Crippen molar-refractivity contribution in [3.63, 3.8) is 0 Å². The highest BCUT2D eigenvalue weighted by atomic mass is 16.2. The molecule has 188 valence electrons. The van der Waals surface area contributed by atoms with Gasteiger partial charge in [-0.25, -0.2) is 9.78 Å². The fourth-order valence-corrected chi connectivity index (χ4v) is 4.03. The summed E-state index contributed by atoms with van der Waals surface area (Å²) in [6, 6.07) is 7.01. The van der Waals surface area contributed by atoms with Crippen LogP contribution in [0.3, 0.4) is 0 Å². The highest BCUT2D eigenvalue weighted by Gasteiger charge is 2.19. The van der Waals surface area contributed by atoms with Gasteiger partial charge in [0.1, 0.15) is 5.82 Å². The summed E-state index contributed by atoms with van der Waals surface area (Å²) in [5.74, 6) is 0.224. The molecule has 0 saturated heterocycles. The Hall–Kier alpha value is -3.69. The van der Waals surface area contributed by atoms with Crippen LogP contribution < -0.4 is 22.3 Å². The Labute approximate surface area is 203 Å². The fourth-order valence-electron chi connectivity index (χ4n) is 4.03. The number of carbonyl (C=O) groups is 2. The summed E-state index contributed by atoms with van der Waals surface area (Å²) in [4.78, 5) is 56.0. The molecule has 0 aliphatic rings. The summed E-state index contributed by atoms with van der Waals surface area (Å²) < 4.78 is 3.35. The van der Waals surface area contributed by atoms with Gasteiger partial charge in [0.2, 0.25) is 11.8 Å². The number of aromatic amines is 1. The lowest BCUT2D eigenvalue weighted by Gasteiger charge is -2.11. The van der Waals surface area contributed by atoms with Crippen molar-refractivity contribution >= 4 is 23.0 Å². The summed E-state index contributed by atoms with van der Waals surface area (Å²) in [6.07, 6.45) is 2.79. The second-order valence-corrected chi connectivity index (χ2v) is 9.13. The number of nitrogens with zero attached hydrogens (tertiary/aromatic N) is 3. The van der Waals surface area contributed by atoms with Gasteiger partial charge < -0.3 is 15.6 Å². The standard InChI is InChI=1S/C25H34N6O4/c1-4-5-13-30-23-21(24(34)29-25(30)35)31(15-16(2)3)19(28-23)9-10-20(32)27-12-11-17-7-6-8-18(14-17)22(26)33/h6-8,14,16H,4-5,9-13,15H2,1-3H3,(H2,26,33)(H,27,32)(H,29,34,35). The smallest absolute Gasteiger partial charge is 0.330 e. The largest absolute Gasteiger partial charge is 0.366 e. The van der Waals surface area contributed by atoms with E-state index in [0.717, 1.165) is 18.4 Å². The summed E-state index contributed by atoms with van der Waals surface area (Å²) in [6.45, 7) is 7.55. The van der Waals surface area contributed by atoms with E-state index < -0.39 is 17.2 Å². The van der Waals surface area contributed by atoms with Gasteiger partial charge in [-0.1, -0.05) is 39.3 Å². The number of primary amides is 1. The molecule has 0 atom stereocenters. The molecule has 4 N–H and O–H groups in total. The Morgan fingerprint density at radius 3 is 2.63 bits per heavy atom. The van der Waals surface area contributed by atoms with Gasteiger partial charge >= 0.3 is 5.69 Å². The van der Waals surface area contributed by atoms with Crippen LogP contribution in [0.25, 0.3) is 11.2 Å². The number of aromatic nitrogens is 4. The lowest BCUT2D eigenvalue weighted by atomic mass is 10.1. The van der Waals surface area contributed by atoms with E-state index in [0.29, 0.717) is 55.0 Å². The third-order valence-corrected chi connectivity index (χ3v) is 5.77. The topological polar surface area (TPSA) is 145 Å². The van der Waals surface area contributed by atoms with E-state index in [9.17, 15) is 19.2 Å². The number of nitrogens with one attached hydrogen (secondary N) is 2. The number of aryl methyl sites for hydroxylation is 2. The zero-order chi connectivity index (χ0) is 25.5. The quantitative estimate of drug-likeness (QED) is 0.360. The second kappa shape index (κ2) is 11.6. The molecule has 0 radical (unpaired) electrons. The Morgan fingerprint density at radius 1 is 1.17 bits per heavy atom. The zero-order valence-electron chi connectivity index (χ0n) is 20.6.